The number of carbonyl (C=O) groups is 1. The molecule has 0 bridgehead atoms. The Labute approximate surface area is 121 Å². The van der Waals surface area contributed by atoms with Crippen LogP contribution in [0, 0.1) is 0 Å². The van der Waals surface area contributed by atoms with Gasteiger partial charge in [-0.05, 0) is 40.7 Å². The minimum absolute atomic E-state index is 0.218. The van der Waals surface area contributed by atoms with Gasteiger partial charge < -0.3 is 14.7 Å². The van der Waals surface area contributed by atoms with Crippen LogP contribution in [0.3, 0.4) is 0 Å². The number of likely N-dealkylation sites (N-methyl/N-ethyl adjacent to an activating group) is 1. The van der Waals surface area contributed by atoms with Crippen LogP contribution in [0.4, 0.5) is 4.79 Å². The summed E-state index contributed by atoms with van der Waals surface area (Å²) < 4.78 is 5.36. The molecule has 2 aliphatic rings. The molecular formula is C15H28N2O3. The quantitative estimate of drug-likeness (QED) is 0.840. The summed E-state index contributed by atoms with van der Waals surface area (Å²) in [7, 11) is 2.07. The molecule has 2 atom stereocenters. The predicted molar refractivity (Wildman–Crippen MR) is 77.6 cm³/mol. The molecule has 5 heteroatoms. The van der Waals surface area contributed by atoms with E-state index >= 15 is 0 Å². The summed E-state index contributed by atoms with van der Waals surface area (Å²) in [5.41, 5.74) is -0.437. The Hall–Kier alpha value is -0.810. The van der Waals surface area contributed by atoms with Crippen molar-refractivity contribution in [1.82, 2.24) is 9.80 Å². The number of amides is 1. The summed E-state index contributed by atoms with van der Waals surface area (Å²) in [6.07, 6.45) is 3.82. The SMILES string of the molecule is CN(C1CN(C(=O)OC(C)(C)C)C1)[C@H]1CCCC[C@@H]1O. The highest BCUT2D eigenvalue weighted by molar-refractivity contribution is 5.69. The number of aliphatic hydroxyl groups excluding tert-OH is 1. The van der Waals surface area contributed by atoms with Crippen molar-refractivity contribution in [1.29, 1.82) is 0 Å². The summed E-state index contributed by atoms with van der Waals surface area (Å²) in [4.78, 5) is 15.9. The van der Waals surface area contributed by atoms with Crippen LogP contribution in [0.1, 0.15) is 46.5 Å². The van der Waals surface area contributed by atoms with E-state index in [9.17, 15) is 9.90 Å². The molecule has 2 fully saturated rings. The Morgan fingerprint density at radius 1 is 1.25 bits per heavy atom. The van der Waals surface area contributed by atoms with Crippen molar-refractivity contribution in [3.05, 3.63) is 0 Å². The van der Waals surface area contributed by atoms with E-state index in [1.54, 1.807) is 4.90 Å². The molecule has 1 aliphatic carbocycles. The highest BCUT2D eigenvalue weighted by Crippen LogP contribution is 2.27. The molecule has 1 heterocycles. The van der Waals surface area contributed by atoms with E-state index in [0.29, 0.717) is 19.1 Å². The van der Waals surface area contributed by atoms with Crippen LogP contribution in [-0.2, 0) is 4.74 Å². The molecule has 1 aliphatic heterocycles. The molecule has 20 heavy (non-hydrogen) atoms. The van der Waals surface area contributed by atoms with E-state index in [-0.39, 0.29) is 18.2 Å². The van der Waals surface area contributed by atoms with Gasteiger partial charge in [0.1, 0.15) is 5.60 Å². The Morgan fingerprint density at radius 2 is 1.85 bits per heavy atom. The predicted octanol–water partition coefficient (Wildman–Crippen LogP) is 1.84. The first kappa shape index (κ1) is 15.6. The maximum atomic E-state index is 11.9. The highest BCUT2D eigenvalue weighted by Gasteiger charge is 2.39. The van der Waals surface area contributed by atoms with Gasteiger partial charge in [0.2, 0.25) is 0 Å². The first-order chi connectivity index (χ1) is 9.28. The Bertz CT molecular complexity index is 348. The average Bonchev–Trinajstić information content (AvgIpc) is 2.24. The van der Waals surface area contributed by atoms with Gasteiger partial charge in [-0.3, -0.25) is 4.90 Å². The third-order valence-electron chi connectivity index (χ3n) is 4.31. The molecule has 0 unspecified atom stereocenters. The van der Waals surface area contributed by atoms with Crippen molar-refractivity contribution < 1.29 is 14.6 Å². The lowest BCUT2D eigenvalue weighted by molar-refractivity contribution is -0.0441. The van der Waals surface area contributed by atoms with Crippen molar-refractivity contribution in [3.8, 4) is 0 Å². The van der Waals surface area contributed by atoms with Crippen molar-refractivity contribution in [2.45, 2.75) is 70.2 Å². The first-order valence-corrected chi connectivity index (χ1v) is 7.66. The Morgan fingerprint density at radius 3 is 2.40 bits per heavy atom. The zero-order valence-electron chi connectivity index (χ0n) is 13.1. The molecule has 0 spiro atoms. The van der Waals surface area contributed by atoms with Gasteiger partial charge in [-0.25, -0.2) is 4.79 Å². The largest absolute Gasteiger partial charge is 0.444 e. The molecule has 1 N–H and O–H groups in total. The molecule has 2 rings (SSSR count). The van der Waals surface area contributed by atoms with E-state index in [2.05, 4.69) is 11.9 Å². The Kier molecular flexibility index (Phi) is 4.59. The monoisotopic (exact) mass is 284 g/mol. The number of aliphatic hydroxyl groups is 1. The summed E-state index contributed by atoms with van der Waals surface area (Å²) in [6, 6.07) is 0.592. The molecule has 0 aromatic rings. The lowest BCUT2D eigenvalue weighted by Crippen LogP contribution is -2.64. The van der Waals surface area contributed by atoms with E-state index in [4.69, 9.17) is 4.74 Å². The minimum atomic E-state index is -0.437. The summed E-state index contributed by atoms with van der Waals surface area (Å²) in [5.74, 6) is 0. The molecule has 5 nitrogen and oxygen atoms in total. The van der Waals surface area contributed by atoms with Crippen LogP contribution < -0.4 is 0 Å². The summed E-state index contributed by atoms with van der Waals surface area (Å²) >= 11 is 0. The van der Waals surface area contributed by atoms with Gasteiger partial charge in [-0.15, -0.1) is 0 Å². The second kappa shape index (κ2) is 5.90. The van der Waals surface area contributed by atoms with Gasteiger partial charge >= 0.3 is 6.09 Å². The zero-order valence-corrected chi connectivity index (χ0v) is 13.1. The van der Waals surface area contributed by atoms with E-state index in [1.807, 2.05) is 20.8 Å². The van der Waals surface area contributed by atoms with Gasteiger partial charge in [-0.1, -0.05) is 12.8 Å². The average molecular weight is 284 g/mol. The van der Waals surface area contributed by atoms with Crippen LogP contribution in [0.25, 0.3) is 0 Å². The number of ether oxygens (including phenoxy) is 1. The number of nitrogens with zero attached hydrogens (tertiary/aromatic N) is 2. The second-order valence-corrected chi connectivity index (χ2v) is 7.12. The molecule has 116 valence electrons. The fraction of sp³-hybridized carbons (Fsp3) is 0.933. The van der Waals surface area contributed by atoms with Gasteiger partial charge in [0.05, 0.1) is 6.10 Å². The van der Waals surface area contributed by atoms with Crippen molar-refractivity contribution in [2.24, 2.45) is 0 Å². The third kappa shape index (κ3) is 3.64. The van der Waals surface area contributed by atoms with E-state index in [1.165, 1.54) is 6.42 Å². The van der Waals surface area contributed by atoms with E-state index in [0.717, 1.165) is 19.3 Å². The topological polar surface area (TPSA) is 53.0 Å². The molecule has 0 aromatic carbocycles. The highest BCUT2D eigenvalue weighted by atomic mass is 16.6. The number of hydrogen-bond acceptors (Lipinski definition) is 4. The molecule has 1 saturated carbocycles. The van der Waals surface area contributed by atoms with Crippen LogP contribution in [0.2, 0.25) is 0 Å². The zero-order chi connectivity index (χ0) is 14.9. The molecule has 1 saturated heterocycles. The van der Waals surface area contributed by atoms with Crippen molar-refractivity contribution >= 4 is 6.09 Å². The number of carbonyl (C=O) groups excluding carboxylic acids is 1. The van der Waals surface area contributed by atoms with Crippen molar-refractivity contribution in [2.75, 3.05) is 20.1 Å². The van der Waals surface area contributed by atoms with Crippen LogP contribution >= 0.6 is 0 Å². The van der Waals surface area contributed by atoms with Gasteiger partial charge in [-0.2, -0.15) is 0 Å². The second-order valence-electron chi connectivity index (χ2n) is 7.12. The maximum absolute atomic E-state index is 11.9. The third-order valence-corrected chi connectivity index (χ3v) is 4.31. The van der Waals surface area contributed by atoms with Gasteiger partial charge in [0, 0.05) is 25.2 Å². The molecule has 0 aromatic heterocycles. The fourth-order valence-electron chi connectivity index (χ4n) is 3.03. The van der Waals surface area contributed by atoms with Gasteiger partial charge in [0.25, 0.3) is 0 Å². The minimum Gasteiger partial charge on any atom is -0.444 e. The standard InChI is InChI=1S/C15H28N2O3/c1-15(2,3)20-14(19)17-9-11(10-17)16(4)12-7-5-6-8-13(12)18/h11-13,18H,5-10H2,1-4H3/t12-,13-/m0/s1. The van der Waals surface area contributed by atoms with Crippen LogP contribution in [0.5, 0.6) is 0 Å². The van der Waals surface area contributed by atoms with E-state index < -0.39 is 5.60 Å². The lowest BCUT2D eigenvalue weighted by atomic mass is 9.90. The summed E-state index contributed by atoms with van der Waals surface area (Å²) in [5, 5.41) is 10.1. The molecule has 0 radical (unpaired) electrons. The lowest BCUT2D eigenvalue weighted by Gasteiger charge is -2.48. The normalized spacial score (nSPS) is 28.4. The molecular weight excluding hydrogens is 256 g/mol. The smallest absolute Gasteiger partial charge is 0.410 e. The Balaban J connectivity index is 1.79. The van der Waals surface area contributed by atoms with Crippen LogP contribution in [0.15, 0.2) is 0 Å². The van der Waals surface area contributed by atoms with Gasteiger partial charge in [0.15, 0.2) is 0 Å². The maximum Gasteiger partial charge on any atom is 0.410 e. The number of rotatable bonds is 2. The number of likely N-dealkylation sites (tertiary alicyclic amines) is 1. The van der Waals surface area contributed by atoms with Crippen molar-refractivity contribution in [3.63, 3.8) is 0 Å². The van der Waals surface area contributed by atoms with Crippen LogP contribution in [-0.4, -0.2) is 64.9 Å². The summed E-state index contributed by atoms with van der Waals surface area (Å²) in [6.45, 7) is 7.05. The first-order valence-electron chi connectivity index (χ1n) is 7.66. The number of hydrogen-bond donors (Lipinski definition) is 1. The molecule has 1 amide bonds. The fourth-order valence-corrected chi connectivity index (χ4v) is 3.03.